The number of aryl methyl sites for hydroxylation is 1. The highest BCUT2D eigenvalue weighted by Gasteiger charge is 2.16. The quantitative estimate of drug-likeness (QED) is 0.866. The molecule has 0 saturated carbocycles. The van der Waals surface area contributed by atoms with Crippen LogP contribution in [0.1, 0.15) is 22.8 Å². The Balaban J connectivity index is 2.45. The van der Waals surface area contributed by atoms with Crippen molar-refractivity contribution in [2.24, 2.45) is 0 Å². The molecule has 5 nitrogen and oxygen atoms in total. The van der Waals surface area contributed by atoms with Gasteiger partial charge in [0.25, 0.3) is 0 Å². The van der Waals surface area contributed by atoms with Crippen LogP contribution < -0.4 is 5.32 Å². The Morgan fingerprint density at radius 3 is 2.75 bits per heavy atom. The van der Waals surface area contributed by atoms with Gasteiger partial charge in [-0.15, -0.1) is 0 Å². The number of carbonyl (C=O) groups excluding carboxylic acids is 1. The molecular formula is C15H17N3O2. The second-order valence-electron chi connectivity index (χ2n) is 4.24. The summed E-state index contributed by atoms with van der Waals surface area (Å²) >= 11 is 0. The Hall–Kier alpha value is -2.43. The minimum atomic E-state index is -0.423. The zero-order valence-electron chi connectivity index (χ0n) is 11.8. The third kappa shape index (κ3) is 2.77. The first-order chi connectivity index (χ1) is 9.67. The summed E-state index contributed by atoms with van der Waals surface area (Å²) < 4.78 is 4.98. The molecule has 20 heavy (non-hydrogen) atoms. The number of ether oxygens (including phenoxy) is 1. The van der Waals surface area contributed by atoms with Crippen LogP contribution in [-0.2, 0) is 4.74 Å². The maximum Gasteiger partial charge on any atom is 0.343 e. The molecule has 1 N–H and O–H groups in total. The molecule has 0 unspecified atom stereocenters. The summed E-state index contributed by atoms with van der Waals surface area (Å²) in [7, 11) is 1.71. The van der Waals surface area contributed by atoms with E-state index in [-0.39, 0.29) is 0 Å². The lowest BCUT2D eigenvalue weighted by Gasteiger charge is -2.10. The fourth-order valence-corrected chi connectivity index (χ4v) is 1.88. The fraction of sp³-hybridized carbons (Fsp3) is 0.267. The molecule has 0 aliphatic rings. The molecule has 0 bridgehead atoms. The van der Waals surface area contributed by atoms with E-state index >= 15 is 0 Å². The molecule has 104 valence electrons. The van der Waals surface area contributed by atoms with Gasteiger partial charge in [-0.25, -0.2) is 14.8 Å². The molecule has 0 saturated heterocycles. The van der Waals surface area contributed by atoms with Gasteiger partial charge in [0.05, 0.1) is 6.61 Å². The minimum absolute atomic E-state index is 0.321. The average molecular weight is 271 g/mol. The maximum absolute atomic E-state index is 11.8. The van der Waals surface area contributed by atoms with Crippen LogP contribution in [0, 0.1) is 6.92 Å². The van der Waals surface area contributed by atoms with E-state index in [2.05, 4.69) is 15.3 Å². The molecule has 5 heteroatoms. The molecule has 1 aromatic heterocycles. The van der Waals surface area contributed by atoms with Gasteiger partial charge in [0.15, 0.2) is 5.82 Å². The number of hydrogen-bond acceptors (Lipinski definition) is 5. The molecule has 0 amide bonds. The van der Waals surface area contributed by atoms with E-state index in [1.165, 1.54) is 6.20 Å². The molecule has 0 radical (unpaired) electrons. The second kappa shape index (κ2) is 6.14. The molecule has 0 fully saturated rings. The summed E-state index contributed by atoms with van der Waals surface area (Å²) in [6, 6.07) is 7.85. The van der Waals surface area contributed by atoms with Crippen LogP contribution in [0.2, 0.25) is 0 Å². The van der Waals surface area contributed by atoms with E-state index in [9.17, 15) is 4.79 Å². The number of rotatable bonds is 4. The van der Waals surface area contributed by atoms with Gasteiger partial charge in [-0.05, 0) is 19.4 Å². The van der Waals surface area contributed by atoms with Crippen molar-refractivity contribution in [2.45, 2.75) is 13.8 Å². The van der Waals surface area contributed by atoms with Gasteiger partial charge in [0.1, 0.15) is 11.4 Å². The fourth-order valence-electron chi connectivity index (χ4n) is 1.88. The molecule has 0 aliphatic carbocycles. The van der Waals surface area contributed by atoms with Crippen molar-refractivity contribution in [1.82, 2.24) is 9.97 Å². The Kier molecular flexibility index (Phi) is 4.30. The Bertz CT molecular complexity index is 626. The van der Waals surface area contributed by atoms with Gasteiger partial charge < -0.3 is 10.1 Å². The number of nitrogens with zero attached hydrogens (tertiary/aromatic N) is 2. The normalized spacial score (nSPS) is 10.2. The number of aromatic nitrogens is 2. The molecule has 1 heterocycles. The van der Waals surface area contributed by atoms with Crippen LogP contribution in [0.5, 0.6) is 0 Å². The SMILES string of the molecule is CCOC(=O)c1cnc(-c2ccccc2C)nc1NC. The standard InChI is InChI=1S/C15H17N3O2/c1-4-20-15(19)12-9-17-14(18-13(12)16-3)11-8-6-5-7-10(11)2/h5-9H,4H2,1-3H3,(H,16,17,18). The number of esters is 1. The van der Waals surface area contributed by atoms with E-state index < -0.39 is 5.97 Å². The lowest BCUT2D eigenvalue weighted by molar-refractivity contribution is 0.0526. The summed E-state index contributed by atoms with van der Waals surface area (Å²) in [5.74, 6) is 0.630. The topological polar surface area (TPSA) is 64.1 Å². The van der Waals surface area contributed by atoms with Gasteiger partial charge in [0, 0.05) is 18.8 Å². The summed E-state index contributed by atoms with van der Waals surface area (Å²) in [5.41, 5.74) is 2.37. The van der Waals surface area contributed by atoms with E-state index in [1.807, 2.05) is 31.2 Å². The highest BCUT2D eigenvalue weighted by Crippen LogP contribution is 2.22. The van der Waals surface area contributed by atoms with E-state index in [4.69, 9.17) is 4.74 Å². The Morgan fingerprint density at radius 2 is 2.10 bits per heavy atom. The van der Waals surface area contributed by atoms with Crippen LogP contribution in [-0.4, -0.2) is 29.6 Å². The van der Waals surface area contributed by atoms with Crippen LogP contribution in [0.15, 0.2) is 30.5 Å². The van der Waals surface area contributed by atoms with Crippen molar-refractivity contribution < 1.29 is 9.53 Å². The van der Waals surface area contributed by atoms with Gasteiger partial charge in [-0.2, -0.15) is 0 Å². The van der Waals surface area contributed by atoms with Crippen LogP contribution in [0.3, 0.4) is 0 Å². The van der Waals surface area contributed by atoms with E-state index in [0.29, 0.717) is 23.8 Å². The molecule has 2 aromatic rings. The summed E-state index contributed by atoms with van der Waals surface area (Å²) in [6.07, 6.45) is 1.50. The highest BCUT2D eigenvalue weighted by atomic mass is 16.5. The maximum atomic E-state index is 11.8. The monoisotopic (exact) mass is 271 g/mol. The van der Waals surface area contributed by atoms with Crippen molar-refractivity contribution in [3.8, 4) is 11.4 Å². The number of anilines is 1. The first kappa shape index (κ1) is 14.0. The predicted octanol–water partition coefficient (Wildman–Crippen LogP) is 2.67. The van der Waals surface area contributed by atoms with E-state index in [1.54, 1.807) is 14.0 Å². The van der Waals surface area contributed by atoms with Gasteiger partial charge in [-0.1, -0.05) is 24.3 Å². The summed E-state index contributed by atoms with van der Waals surface area (Å²) in [5, 5.41) is 2.91. The first-order valence-electron chi connectivity index (χ1n) is 6.45. The third-order valence-electron chi connectivity index (χ3n) is 2.91. The van der Waals surface area contributed by atoms with Gasteiger partial charge in [-0.3, -0.25) is 0 Å². The van der Waals surface area contributed by atoms with Gasteiger partial charge in [0.2, 0.25) is 0 Å². The largest absolute Gasteiger partial charge is 0.462 e. The van der Waals surface area contributed by atoms with Crippen molar-refractivity contribution >= 4 is 11.8 Å². The lowest BCUT2D eigenvalue weighted by atomic mass is 10.1. The molecule has 0 aliphatic heterocycles. The molecule has 0 spiro atoms. The predicted molar refractivity (Wildman–Crippen MR) is 77.7 cm³/mol. The molecule has 1 aromatic carbocycles. The number of carbonyl (C=O) groups is 1. The highest BCUT2D eigenvalue weighted by molar-refractivity contribution is 5.94. The second-order valence-corrected chi connectivity index (χ2v) is 4.24. The Labute approximate surface area is 118 Å². The molecular weight excluding hydrogens is 254 g/mol. The van der Waals surface area contributed by atoms with Crippen molar-refractivity contribution in [1.29, 1.82) is 0 Å². The van der Waals surface area contributed by atoms with E-state index in [0.717, 1.165) is 11.1 Å². The third-order valence-corrected chi connectivity index (χ3v) is 2.91. The minimum Gasteiger partial charge on any atom is -0.462 e. The Morgan fingerprint density at radius 1 is 1.35 bits per heavy atom. The zero-order chi connectivity index (χ0) is 14.5. The van der Waals surface area contributed by atoms with Gasteiger partial charge >= 0.3 is 5.97 Å². The number of hydrogen-bond donors (Lipinski definition) is 1. The van der Waals surface area contributed by atoms with Crippen LogP contribution >= 0.6 is 0 Å². The first-order valence-corrected chi connectivity index (χ1v) is 6.45. The zero-order valence-corrected chi connectivity index (χ0v) is 11.8. The van der Waals surface area contributed by atoms with Crippen LogP contribution in [0.4, 0.5) is 5.82 Å². The van der Waals surface area contributed by atoms with Crippen molar-refractivity contribution in [2.75, 3.05) is 19.0 Å². The number of benzene rings is 1. The summed E-state index contributed by atoms with van der Waals surface area (Å²) in [4.78, 5) is 20.5. The van der Waals surface area contributed by atoms with Crippen molar-refractivity contribution in [3.63, 3.8) is 0 Å². The molecule has 0 atom stereocenters. The summed E-state index contributed by atoms with van der Waals surface area (Å²) in [6.45, 7) is 4.08. The average Bonchev–Trinajstić information content (AvgIpc) is 2.47. The van der Waals surface area contributed by atoms with Crippen molar-refractivity contribution in [3.05, 3.63) is 41.6 Å². The lowest BCUT2D eigenvalue weighted by Crippen LogP contribution is -2.11. The molecule has 2 rings (SSSR count). The van der Waals surface area contributed by atoms with Crippen LogP contribution in [0.25, 0.3) is 11.4 Å². The number of nitrogens with one attached hydrogen (secondary N) is 1. The smallest absolute Gasteiger partial charge is 0.343 e.